The van der Waals surface area contributed by atoms with Crippen molar-refractivity contribution in [3.63, 3.8) is 0 Å². The van der Waals surface area contributed by atoms with Gasteiger partial charge >= 0.3 is 0 Å². The fourth-order valence-corrected chi connectivity index (χ4v) is 2.80. The monoisotopic (exact) mass is 273 g/mol. The van der Waals surface area contributed by atoms with E-state index in [9.17, 15) is 0 Å². The summed E-state index contributed by atoms with van der Waals surface area (Å²) in [4.78, 5) is 2.17. The van der Waals surface area contributed by atoms with E-state index in [0.717, 1.165) is 11.5 Å². The van der Waals surface area contributed by atoms with Crippen molar-refractivity contribution in [2.75, 3.05) is 14.1 Å². The molecule has 1 atom stereocenters. The van der Waals surface area contributed by atoms with Crippen LogP contribution < -0.4 is 0 Å². The zero-order valence-electron chi connectivity index (χ0n) is 13.1. The minimum atomic E-state index is 0.184. The van der Waals surface area contributed by atoms with Crippen LogP contribution in [0.4, 0.5) is 0 Å². The molecule has 1 aromatic heterocycles. The van der Waals surface area contributed by atoms with Gasteiger partial charge in [-0.25, -0.2) is 0 Å². The van der Waals surface area contributed by atoms with Gasteiger partial charge in [0.25, 0.3) is 0 Å². The molecule has 0 aliphatic rings. The van der Waals surface area contributed by atoms with Gasteiger partial charge in [0.2, 0.25) is 0 Å². The molecule has 0 aliphatic heterocycles. The minimum Gasteiger partial charge on any atom is -0.299 e. The highest BCUT2D eigenvalue weighted by Gasteiger charge is 2.26. The lowest BCUT2D eigenvalue weighted by atomic mass is 10.0. The van der Waals surface area contributed by atoms with E-state index in [-0.39, 0.29) is 6.04 Å². The maximum absolute atomic E-state index is 4.28. The van der Waals surface area contributed by atoms with Crippen molar-refractivity contribution in [1.82, 2.24) is 25.1 Å². The normalized spacial score (nSPS) is 13.2. The topological polar surface area (TPSA) is 46.8 Å². The van der Waals surface area contributed by atoms with Crippen LogP contribution in [0.15, 0.2) is 18.2 Å². The standard InChI is InChI=1S/C15H23N5/c1-10(2)13(19(5)6)15-16-17-18-20(15)14-11(3)8-7-9-12(14)4/h7-10,13H,1-6H3. The third-order valence-electron chi connectivity index (χ3n) is 3.60. The Morgan fingerprint density at radius 1 is 1.10 bits per heavy atom. The molecule has 0 N–H and O–H groups in total. The highest BCUT2D eigenvalue weighted by Crippen LogP contribution is 2.27. The molecule has 0 fully saturated rings. The van der Waals surface area contributed by atoms with Gasteiger partial charge in [-0.05, 0) is 55.4 Å². The molecule has 0 bridgehead atoms. The van der Waals surface area contributed by atoms with Crippen molar-refractivity contribution >= 4 is 0 Å². The van der Waals surface area contributed by atoms with Gasteiger partial charge in [-0.15, -0.1) is 5.10 Å². The van der Waals surface area contributed by atoms with Gasteiger partial charge in [0.05, 0.1) is 11.7 Å². The molecule has 108 valence electrons. The number of benzene rings is 1. The van der Waals surface area contributed by atoms with Gasteiger partial charge in [-0.2, -0.15) is 4.68 Å². The van der Waals surface area contributed by atoms with Gasteiger partial charge < -0.3 is 0 Å². The zero-order valence-corrected chi connectivity index (χ0v) is 13.1. The predicted molar refractivity (Wildman–Crippen MR) is 79.9 cm³/mol. The number of tetrazole rings is 1. The van der Waals surface area contributed by atoms with Crippen LogP contribution in [-0.4, -0.2) is 39.2 Å². The molecule has 5 heteroatoms. The molecule has 5 nitrogen and oxygen atoms in total. The summed E-state index contributed by atoms with van der Waals surface area (Å²) in [7, 11) is 4.13. The zero-order chi connectivity index (χ0) is 14.9. The number of hydrogen-bond donors (Lipinski definition) is 0. The quantitative estimate of drug-likeness (QED) is 0.859. The van der Waals surface area contributed by atoms with E-state index in [0.29, 0.717) is 5.92 Å². The molecule has 0 spiro atoms. The summed E-state index contributed by atoms with van der Waals surface area (Å²) >= 11 is 0. The number of rotatable bonds is 4. The van der Waals surface area contributed by atoms with Crippen LogP contribution in [0.3, 0.4) is 0 Å². The van der Waals surface area contributed by atoms with Crippen molar-refractivity contribution < 1.29 is 0 Å². The van der Waals surface area contributed by atoms with Crippen LogP contribution in [0.5, 0.6) is 0 Å². The Balaban J connectivity index is 2.58. The molecule has 0 amide bonds. The molecular weight excluding hydrogens is 250 g/mol. The number of nitrogens with zero attached hydrogens (tertiary/aromatic N) is 5. The van der Waals surface area contributed by atoms with E-state index < -0.39 is 0 Å². The summed E-state index contributed by atoms with van der Waals surface area (Å²) in [6.45, 7) is 8.56. The molecule has 0 saturated carbocycles. The van der Waals surface area contributed by atoms with E-state index in [2.05, 4.69) is 80.4 Å². The molecule has 20 heavy (non-hydrogen) atoms. The minimum absolute atomic E-state index is 0.184. The SMILES string of the molecule is Cc1cccc(C)c1-n1nnnc1C(C(C)C)N(C)C. The van der Waals surface area contributed by atoms with Crippen LogP contribution in [0.1, 0.15) is 36.8 Å². The van der Waals surface area contributed by atoms with Gasteiger partial charge in [-0.1, -0.05) is 32.0 Å². The first-order chi connectivity index (χ1) is 9.43. The fourth-order valence-electron chi connectivity index (χ4n) is 2.80. The second-order valence-electron chi connectivity index (χ2n) is 5.84. The molecule has 1 unspecified atom stereocenters. The molecular formula is C15H23N5. The molecule has 1 heterocycles. The molecule has 0 saturated heterocycles. The van der Waals surface area contributed by atoms with Crippen LogP contribution in [0.25, 0.3) is 5.69 Å². The molecule has 2 aromatic rings. The van der Waals surface area contributed by atoms with Gasteiger partial charge in [0.1, 0.15) is 0 Å². The Morgan fingerprint density at radius 2 is 1.70 bits per heavy atom. The van der Waals surface area contributed by atoms with E-state index in [1.54, 1.807) is 0 Å². The maximum atomic E-state index is 4.28. The van der Waals surface area contributed by atoms with Crippen molar-refractivity contribution in [3.05, 3.63) is 35.2 Å². The van der Waals surface area contributed by atoms with Crippen LogP contribution in [0.2, 0.25) is 0 Å². The first-order valence-electron chi connectivity index (χ1n) is 6.94. The second kappa shape index (κ2) is 5.71. The third-order valence-corrected chi connectivity index (χ3v) is 3.60. The molecule has 1 aromatic carbocycles. The highest BCUT2D eigenvalue weighted by atomic mass is 15.6. The van der Waals surface area contributed by atoms with Gasteiger partial charge in [-0.3, -0.25) is 4.90 Å². The Labute approximate surface area is 120 Å². The summed E-state index contributed by atoms with van der Waals surface area (Å²) in [6, 6.07) is 6.43. The summed E-state index contributed by atoms with van der Waals surface area (Å²) in [5, 5.41) is 12.4. The first-order valence-corrected chi connectivity index (χ1v) is 6.94. The van der Waals surface area contributed by atoms with E-state index in [4.69, 9.17) is 0 Å². The van der Waals surface area contributed by atoms with E-state index in [1.807, 2.05) is 4.68 Å². The Bertz CT molecular complexity index is 557. The summed E-state index contributed by atoms with van der Waals surface area (Å²) in [6.07, 6.45) is 0. The third kappa shape index (κ3) is 2.58. The summed E-state index contributed by atoms with van der Waals surface area (Å²) in [5.74, 6) is 1.32. The van der Waals surface area contributed by atoms with E-state index >= 15 is 0 Å². The summed E-state index contributed by atoms with van der Waals surface area (Å²) in [5.41, 5.74) is 3.44. The van der Waals surface area contributed by atoms with Crippen molar-refractivity contribution in [1.29, 1.82) is 0 Å². The number of para-hydroxylation sites is 1. The average molecular weight is 273 g/mol. The molecule has 0 aliphatic carbocycles. The largest absolute Gasteiger partial charge is 0.299 e. The summed E-state index contributed by atoms with van der Waals surface area (Å²) < 4.78 is 1.88. The van der Waals surface area contributed by atoms with Crippen molar-refractivity contribution in [2.45, 2.75) is 33.7 Å². The van der Waals surface area contributed by atoms with Crippen molar-refractivity contribution in [2.24, 2.45) is 5.92 Å². The van der Waals surface area contributed by atoms with Crippen LogP contribution in [0, 0.1) is 19.8 Å². The van der Waals surface area contributed by atoms with Gasteiger partial charge in [0, 0.05) is 0 Å². The number of aryl methyl sites for hydroxylation is 2. The lowest BCUT2D eigenvalue weighted by Crippen LogP contribution is -2.28. The van der Waals surface area contributed by atoms with E-state index in [1.165, 1.54) is 11.1 Å². The lowest BCUT2D eigenvalue weighted by Gasteiger charge is -2.27. The highest BCUT2D eigenvalue weighted by molar-refractivity contribution is 5.46. The van der Waals surface area contributed by atoms with Crippen LogP contribution in [-0.2, 0) is 0 Å². The average Bonchev–Trinajstić information content (AvgIpc) is 2.77. The smallest absolute Gasteiger partial charge is 0.174 e. The van der Waals surface area contributed by atoms with Crippen LogP contribution >= 0.6 is 0 Å². The first kappa shape index (κ1) is 14.7. The Morgan fingerprint density at radius 3 is 2.20 bits per heavy atom. The van der Waals surface area contributed by atoms with Crippen molar-refractivity contribution in [3.8, 4) is 5.69 Å². The molecule has 2 rings (SSSR count). The Kier molecular flexibility index (Phi) is 4.18. The maximum Gasteiger partial charge on any atom is 0.174 e. The fraction of sp³-hybridized carbons (Fsp3) is 0.533. The Hall–Kier alpha value is -1.75. The number of aromatic nitrogens is 4. The second-order valence-corrected chi connectivity index (χ2v) is 5.84. The predicted octanol–water partition coefficient (Wildman–Crippen LogP) is 2.54. The molecule has 0 radical (unpaired) electrons. The lowest BCUT2D eigenvalue weighted by molar-refractivity contribution is 0.221. The van der Waals surface area contributed by atoms with Gasteiger partial charge in [0.15, 0.2) is 5.82 Å². The number of hydrogen-bond acceptors (Lipinski definition) is 4.